The highest BCUT2D eigenvalue weighted by atomic mass is 19.1. The largest absolute Gasteiger partial charge is 0.507 e. The number of anilines is 1. The Hall–Kier alpha value is -3.35. The quantitative estimate of drug-likeness (QED) is 0.636. The molecule has 2 aromatic heterocycles. The lowest BCUT2D eigenvalue weighted by Crippen LogP contribution is -2.42. The van der Waals surface area contributed by atoms with Gasteiger partial charge in [-0.15, -0.1) is 0 Å². The molecule has 6 nitrogen and oxygen atoms in total. The molecule has 0 spiro atoms. The number of aromatic nitrogens is 3. The minimum absolute atomic E-state index is 0.0500. The van der Waals surface area contributed by atoms with E-state index in [-0.39, 0.29) is 17.0 Å². The van der Waals surface area contributed by atoms with E-state index in [0.29, 0.717) is 41.2 Å². The first-order chi connectivity index (χ1) is 13.6. The Labute approximate surface area is 161 Å². The van der Waals surface area contributed by atoms with Crippen molar-refractivity contribution in [1.82, 2.24) is 15.0 Å². The van der Waals surface area contributed by atoms with Gasteiger partial charge in [-0.3, -0.25) is 9.78 Å². The minimum Gasteiger partial charge on any atom is -0.507 e. The Bertz CT molecular complexity index is 1000. The number of hydrogen-bond donors (Lipinski definition) is 2. The molecule has 0 aliphatic heterocycles. The Morgan fingerprint density at radius 3 is 2.61 bits per heavy atom. The maximum Gasteiger partial charge on any atom is 0.222 e. The maximum absolute atomic E-state index is 14.2. The van der Waals surface area contributed by atoms with Crippen molar-refractivity contribution in [2.24, 2.45) is 0 Å². The fraction of sp³-hybridized carbons (Fsp3) is 0.238. The molecule has 7 heteroatoms. The number of rotatable bonds is 6. The number of carbonyl (C=O) groups is 1. The number of aldehydes is 1. The van der Waals surface area contributed by atoms with Gasteiger partial charge in [0.2, 0.25) is 5.95 Å². The molecule has 0 saturated heterocycles. The van der Waals surface area contributed by atoms with Crippen LogP contribution in [0, 0.1) is 5.82 Å². The third-order valence-corrected chi connectivity index (χ3v) is 5.28. The zero-order chi connectivity index (χ0) is 19.6. The predicted molar refractivity (Wildman–Crippen MR) is 103 cm³/mol. The van der Waals surface area contributed by atoms with E-state index in [1.165, 1.54) is 18.2 Å². The van der Waals surface area contributed by atoms with Crippen molar-refractivity contribution >= 4 is 12.2 Å². The zero-order valence-corrected chi connectivity index (χ0v) is 15.1. The van der Waals surface area contributed by atoms with Crippen LogP contribution < -0.4 is 5.32 Å². The summed E-state index contributed by atoms with van der Waals surface area (Å²) in [4.78, 5) is 23.8. The Balaban J connectivity index is 1.51. The van der Waals surface area contributed by atoms with Gasteiger partial charge in [-0.2, -0.15) is 0 Å². The van der Waals surface area contributed by atoms with Gasteiger partial charge in [-0.25, -0.2) is 14.4 Å². The van der Waals surface area contributed by atoms with Crippen molar-refractivity contribution < 1.29 is 14.3 Å². The van der Waals surface area contributed by atoms with Crippen molar-refractivity contribution in [3.05, 3.63) is 66.0 Å². The third-order valence-electron chi connectivity index (χ3n) is 5.28. The number of carbonyl (C=O) groups excluding carboxylic acids is 1. The number of aromatic hydroxyl groups is 1. The molecule has 1 saturated carbocycles. The lowest BCUT2D eigenvalue weighted by Gasteiger charge is -2.41. The molecule has 4 rings (SSSR count). The van der Waals surface area contributed by atoms with Crippen molar-refractivity contribution in [1.29, 1.82) is 0 Å². The highest BCUT2D eigenvalue weighted by Gasteiger charge is 2.41. The first-order valence-electron chi connectivity index (χ1n) is 9.07. The van der Waals surface area contributed by atoms with Crippen LogP contribution in [0.5, 0.6) is 5.75 Å². The second kappa shape index (κ2) is 7.34. The van der Waals surface area contributed by atoms with Gasteiger partial charge >= 0.3 is 0 Å². The van der Waals surface area contributed by atoms with Gasteiger partial charge in [-0.1, -0.05) is 6.42 Å². The Morgan fingerprint density at radius 2 is 1.96 bits per heavy atom. The molecule has 1 aliphatic rings. The predicted octanol–water partition coefficient (Wildman–Crippen LogP) is 3.73. The molecule has 3 aromatic rings. The molecule has 142 valence electrons. The van der Waals surface area contributed by atoms with E-state index in [9.17, 15) is 14.3 Å². The van der Waals surface area contributed by atoms with Crippen LogP contribution in [0.2, 0.25) is 0 Å². The summed E-state index contributed by atoms with van der Waals surface area (Å²) in [6, 6.07) is 7.62. The highest BCUT2D eigenvalue weighted by Crippen LogP contribution is 2.43. The van der Waals surface area contributed by atoms with E-state index in [1.54, 1.807) is 30.7 Å². The van der Waals surface area contributed by atoms with E-state index >= 15 is 0 Å². The fourth-order valence-electron chi connectivity index (χ4n) is 3.54. The number of phenols is 1. The van der Waals surface area contributed by atoms with Crippen molar-refractivity contribution in [3.8, 4) is 16.9 Å². The van der Waals surface area contributed by atoms with Gasteiger partial charge < -0.3 is 10.4 Å². The lowest BCUT2D eigenvalue weighted by atomic mass is 9.66. The Morgan fingerprint density at radius 1 is 1.18 bits per heavy atom. The van der Waals surface area contributed by atoms with Gasteiger partial charge in [0.25, 0.3) is 0 Å². The first kappa shape index (κ1) is 18.0. The molecule has 2 N–H and O–H groups in total. The zero-order valence-electron chi connectivity index (χ0n) is 15.1. The summed E-state index contributed by atoms with van der Waals surface area (Å²) in [5, 5.41) is 13.2. The molecule has 28 heavy (non-hydrogen) atoms. The topological polar surface area (TPSA) is 88.0 Å². The smallest absolute Gasteiger partial charge is 0.222 e. The molecular weight excluding hydrogens is 359 g/mol. The van der Waals surface area contributed by atoms with E-state index in [0.717, 1.165) is 19.3 Å². The molecule has 0 unspecified atom stereocenters. The molecular formula is C21H19FN4O2. The number of pyridine rings is 1. The highest BCUT2D eigenvalue weighted by molar-refractivity contribution is 5.81. The van der Waals surface area contributed by atoms with Crippen LogP contribution in [0.25, 0.3) is 11.1 Å². The number of halogens is 1. The standard InChI is InChI=1S/C21H19FN4O2/c22-17-3-1-8-23-19(17)21(6-2-7-21)13-26-20-24-10-15(11-25-20)16-9-14(12-27)4-5-18(16)28/h1,3-5,8-12,28H,2,6-7,13H2,(H,24,25,26). The van der Waals surface area contributed by atoms with Crippen molar-refractivity contribution in [2.75, 3.05) is 11.9 Å². The van der Waals surface area contributed by atoms with Crippen LogP contribution in [0.4, 0.5) is 10.3 Å². The second-order valence-electron chi connectivity index (χ2n) is 7.01. The summed E-state index contributed by atoms with van der Waals surface area (Å²) in [5.74, 6) is 0.178. The first-order valence-corrected chi connectivity index (χ1v) is 9.07. The summed E-state index contributed by atoms with van der Waals surface area (Å²) in [5.41, 5.74) is 1.69. The van der Waals surface area contributed by atoms with Crippen LogP contribution >= 0.6 is 0 Å². The molecule has 0 atom stereocenters. The van der Waals surface area contributed by atoms with Crippen LogP contribution in [0.15, 0.2) is 48.9 Å². The average molecular weight is 378 g/mol. The van der Waals surface area contributed by atoms with E-state index < -0.39 is 0 Å². The van der Waals surface area contributed by atoms with Crippen LogP contribution in [0.3, 0.4) is 0 Å². The van der Waals surface area contributed by atoms with Crippen LogP contribution in [-0.2, 0) is 5.41 Å². The summed E-state index contributed by atoms with van der Waals surface area (Å²) in [6.07, 6.45) is 8.24. The Kier molecular flexibility index (Phi) is 4.73. The number of nitrogens with zero attached hydrogens (tertiary/aromatic N) is 3. The van der Waals surface area contributed by atoms with Gasteiger partial charge in [0, 0.05) is 47.2 Å². The van der Waals surface area contributed by atoms with Crippen molar-refractivity contribution in [3.63, 3.8) is 0 Å². The molecule has 2 heterocycles. The molecule has 0 bridgehead atoms. The molecule has 1 aromatic carbocycles. The SMILES string of the molecule is O=Cc1ccc(O)c(-c2cnc(NCC3(c4ncccc4F)CCC3)nc2)c1. The normalized spacial score (nSPS) is 14.9. The number of nitrogens with one attached hydrogen (secondary N) is 1. The van der Waals surface area contributed by atoms with Gasteiger partial charge in [0.15, 0.2) is 0 Å². The second-order valence-corrected chi connectivity index (χ2v) is 7.01. The van der Waals surface area contributed by atoms with E-state index in [1.807, 2.05) is 0 Å². The average Bonchev–Trinajstić information content (AvgIpc) is 2.69. The third kappa shape index (κ3) is 3.31. The van der Waals surface area contributed by atoms with Crippen LogP contribution in [0.1, 0.15) is 35.3 Å². The van der Waals surface area contributed by atoms with Gasteiger partial charge in [-0.05, 0) is 43.2 Å². The fourth-order valence-corrected chi connectivity index (χ4v) is 3.54. The van der Waals surface area contributed by atoms with Gasteiger partial charge in [0.05, 0.1) is 5.69 Å². The number of phenolic OH excluding ortho intramolecular Hbond substituents is 1. The summed E-state index contributed by atoms with van der Waals surface area (Å²) >= 11 is 0. The number of hydrogen-bond acceptors (Lipinski definition) is 6. The number of benzene rings is 1. The molecule has 0 amide bonds. The summed E-state index contributed by atoms with van der Waals surface area (Å²) in [6.45, 7) is 0.492. The van der Waals surface area contributed by atoms with E-state index in [4.69, 9.17) is 0 Å². The summed E-state index contributed by atoms with van der Waals surface area (Å²) in [7, 11) is 0. The van der Waals surface area contributed by atoms with Crippen molar-refractivity contribution in [2.45, 2.75) is 24.7 Å². The van der Waals surface area contributed by atoms with Gasteiger partial charge in [0.1, 0.15) is 17.9 Å². The maximum atomic E-state index is 14.2. The molecule has 1 aliphatic carbocycles. The monoisotopic (exact) mass is 378 g/mol. The van der Waals surface area contributed by atoms with E-state index in [2.05, 4.69) is 20.3 Å². The lowest BCUT2D eigenvalue weighted by molar-refractivity contribution is 0.112. The molecule has 1 fully saturated rings. The molecule has 0 radical (unpaired) electrons. The minimum atomic E-state index is -0.343. The summed E-state index contributed by atoms with van der Waals surface area (Å²) < 4.78 is 14.2. The van der Waals surface area contributed by atoms with Crippen LogP contribution in [-0.4, -0.2) is 32.9 Å².